The van der Waals surface area contributed by atoms with Crippen molar-refractivity contribution in [3.63, 3.8) is 0 Å². The average Bonchev–Trinajstić information content (AvgIpc) is 3.10. The zero-order valence-corrected chi connectivity index (χ0v) is 13.1. The van der Waals surface area contributed by atoms with Crippen LogP contribution < -0.4 is 10.6 Å². The number of hydrogen-bond acceptors (Lipinski definition) is 2. The maximum Gasteiger partial charge on any atom is 0.226 e. The highest BCUT2D eigenvalue weighted by Crippen LogP contribution is 2.49. The number of piperidine rings is 1. The molecule has 3 rings (SSSR count). The quantitative estimate of drug-likeness (QED) is 0.830. The standard InChI is InChI=1S/C17H30N2O/c1-3-17(6-8-18-9-7-17)16(20)19-12(2)15-11-13-4-5-14(15)10-13/h12-15,18H,3-11H2,1-2H3,(H,19,20). The third-order valence-corrected chi connectivity index (χ3v) is 6.51. The number of nitrogens with one attached hydrogen (secondary N) is 2. The molecule has 1 saturated heterocycles. The Bertz CT molecular complexity index is 362. The molecule has 0 spiro atoms. The van der Waals surface area contributed by atoms with Gasteiger partial charge in [-0.3, -0.25) is 4.79 Å². The molecule has 1 heterocycles. The Morgan fingerprint density at radius 1 is 1.30 bits per heavy atom. The Labute approximate surface area is 123 Å². The second kappa shape index (κ2) is 5.67. The van der Waals surface area contributed by atoms with Crippen molar-refractivity contribution in [1.29, 1.82) is 0 Å². The lowest BCUT2D eigenvalue weighted by Gasteiger charge is -2.38. The Balaban J connectivity index is 1.60. The summed E-state index contributed by atoms with van der Waals surface area (Å²) >= 11 is 0. The van der Waals surface area contributed by atoms with Crippen molar-refractivity contribution >= 4 is 5.91 Å². The normalized spacial score (nSPS) is 36.8. The van der Waals surface area contributed by atoms with Crippen molar-refractivity contribution in [2.45, 2.75) is 64.8 Å². The first kappa shape index (κ1) is 14.4. The molecule has 114 valence electrons. The van der Waals surface area contributed by atoms with Crippen molar-refractivity contribution in [3.8, 4) is 0 Å². The average molecular weight is 278 g/mol. The van der Waals surface area contributed by atoms with E-state index in [2.05, 4.69) is 24.5 Å². The summed E-state index contributed by atoms with van der Waals surface area (Å²) in [5, 5.41) is 6.78. The topological polar surface area (TPSA) is 41.1 Å². The van der Waals surface area contributed by atoms with Gasteiger partial charge in [0.25, 0.3) is 0 Å². The fourth-order valence-electron chi connectivity index (χ4n) is 5.02. The van der Waals surface area contributed by atoms with Crippen LogP contribution in [0.3, 0.4) is 0 Å². The minimum Gasteiger partial charge on any atom is -0.353 e. The molecule has 20 heavy (non-hydrogen) atoms. The van der Waals surface area contributed by atoms with Crippen molar-refractivity contribution < 1.29 is 4.79 Å². The fourth-order valence-corrected chi connectivity index (χ4v) is 5.02. The smallest absolute Gasteiger partial charge is 0.226 e. The molecule has 0 aromatic heterocycles. The van der Waals surface area contributed by atoms with Crippen LogP contribution in [0.15, 0.2) is 0 Å². The maximum absolute atomic E-state index is 12.8. The van der Waals surface area contributed by atoms with E-state index in [0.29, 0.717) is 11.9 Å². The minimum atomic E-state index is -0.100. The van der Waals surface area contributed by atoms with Crippen molar-refractivity contribution in [2.24, 2.45) is 23.2 Å². The third kappa shape index (κ3) is 2.49. The van der Waals surface area contributed by atoms with Gasteiger partial charge in [0.2, 0.25) is 5.91 Å². The van der Waals surface area contributed by atoms with Crippen molar-refractivity contribution in [2.75, 3.05) is 13.1 Å². The van der Waals surface area contributed by atoms with E-state index < -0.39 is 0 Å². The van der Waals surface area contributed by atoms with Gasteiger partial charge >= 0.3 is 0 Å². The number of amides is 1. The molecule has 3 nitrogen and oxygen atoms in total. The molecule has 3 heteroatoms. The zero-order chi connectivity index (χ0) is 14.2. The van der Waals surface area contributed by atoms with Crippen LogP contribution in [0.5, 0.6) is 0 Å². The molecule has 3 fully saturated rings. The van der Waals surface area contributed by atoms with Crippen LogP contribution in [-0.4, -0.2) is 25.0 Å². The van der Waals surface area contributed by atoms with Gasteiger partial charge in [-0.25, -0.2) is 0 Å². The molecule has 1 aliphatic heterocycles. The molecule has 2 aliphatic carbocycles. The summed E-state index contributed by atoms with van der Waals surface area (Å²) in [6, 6.07) is 0.371. The van der Waals surface area contributed by atoms with E-state index in [-0.39, 0.29) is 5.41 Å². The molecule has 1 amide bonds. The Morgan fingerprint density at radius 2 is 2.05 bits per heavy atom. The monoisotopic (exact) mass is 278 g/mol. The molecule has 4 unspecified atom stereocenters. The van der Waals surface area contributed by atoms with E-state index in [1.807, 2.05) is 0 Å². The van der Waals surface area contributed by atoms with Crippen LogP contribution in [0.4, 0.5) is 0 Å². The van der Waals surface area contributed by atoms with Crippen LogP contribution in [0, 0.1) is 23.2 Å². The van der Waals surface area contributed by atoms with Gasteiger partial charge < -0.3 is 10.6 Å². The lowest BCUT2D eigenvalue weighted by atomic mass is 9.75. The maximum atomic E-state index is 12.8. The number of fused-ring (bicyclic) bond motifs is 2. The van der Waals surface area contributed by atoms with Crippen LogP contribution in [0.25, 0.3) is 0 Å². The number of carbonyl (C=O) groups is 1. The van der Waals surface area contributed by atoms with Crippen molar-refractivity contribution in [3.05, 3.63) is 0 Å². The summed E-state index contributed by atoms with van der Waals surface area (Å²) in [5.74, 6) is 2.93. The summed E-state index contributed by atoms with van der Waals surface area (Å²) in [4.78, 5) is 12.8. The highest BCUT2D eigenvalue weighted by atomic mass is 16.2. The van der Waals surface area contributed by atoms with Crippen LogP contribution in [0.1, 0.15) is 58.8 Å². The molecule has 2 N–H and O–H groups in total. The van der Waals surface area contributed by atoms with Crippen LogP contribution in [-0.2, 0) is 4.79 Å². The van der Waals surface area contributed by atoms with E-state index >= 15 is 0 Å². The first-order chi connectivity index (χ1) is 9.64. The largest absolute Gasteiger partial charge is 0.353 e. The van der Waals surface area contributed by atoms with Crippen LogP contribution in [0.2, 0.25) is 0 Å². The Kier molecular flexibility index (Phi) is 4.07. The van der Waals surface area contributed by atoms with Gasteiger partial charge in [0, 0.05) is 6.04 Å². The number of hydrogen-bond donors (Lipinski definition) is 2. The Morgan fingerprint density at radius 3 is 2.60 bits per heavy atom. The predicted octanol–water partition coefficient (Wildman–Crippen LogP) is 2.71. The number of carbonyl (C=O) groups excluding carboxylic acids is 1. The summed E-state index contributed by atoms with van der Waals surface area (Å²) < 4.78 is 0. The molecular formula is C17H30N2O. The van der Waals surface area contributed by atoms with Gasteiger partial charge in [0.05, 0.1) is 5.41 Å². The fraction of sp³-hybridized carbons (Fsp3) is 0.941. The molecule has 2 saturated carbocycles. The van der Waals surface area contributed by atoms with Gasteiger partial charge in [0.1, 0.15) is 0 Å². The molecule has 0 radical (unpaired) electrons. The summed E-state index contributed by atoms with van der Waals surface area (Å²) in [6.45, 7) is 6.40. The molecule has 4 atom stereocenters. The summed E-state index contributed by atoms with van der Waals surface area (Å²) in [7, 11) is 0. The van der Waals surface area contributed by atoms with Gasteiger partial charge in [-0.15, -0.1) is 0 Å². The molecule has 3 aliphatic rings. The van der Waals surface area contributed by atoms with E-state index in [1.54, 1.807) is 0 Å². The first-order valence-electron chi connectivity index (χ1n) is 8.66. The van der Waals surface area contributed by atoms with Gasteiger partial charge in [-0.05, 0) is 76.3 Å². The summed E-state index contributed by atoms with van der Waals surface area (Å²) in [5.41, 5.74) is -0.100. The molecular weight excluding hydrogens is 248 g/mol. The van der Waals surface area contributed by atoms with E-state index in [9.17, 15) is 4.79 Å². The van der Waals surface area contributed by atoms with E-state index in [4.69, 9.17) is 0 Å². The highest BCUT2D eigenvalue weighted by molar-refractivity contribution is 5.83. The lowest BCUT2D eigenvalue weighted by molar-refractivity contribution is -0.134. The minimum absolute atomic E-state index is 0.100. The van der Waals surface area contributed by atoms with Crippen LogP contribution >= 0.6 is 0 Å². The van der Waals surface area contributed by atoms with Crippen molar-refractivity contribution in [1.82, 2.24) is 10.6 Å². The zero-order valence-electron chi connectivity index (χ0n) is 13.1. The van der Waals surface area contributed by atoms with Gasteiger partial charge in [-0.2, -0.15) is 0 Å². The van der Waals surface area contributed by atoms with E-state index in [0.717, 1.165) is 50.1 Å². The lowest BCUT2D eigenvalue weighted by Crippen LogP contribution is -2.51. The second-order valence-electron chi connectivity index (χ2n) is 7.48. The van der Waals surface area contributed by atoms with Gasteiger partial charge in [0.15, 0.2) is 0 Å². The molecule has 0 aromatic carbocycles. The second-order valence-corrected chi connectivity index (χ2v) is 7.48. The number of rotatable bonds is 4. The molecule has 0 aromatic rings. The first-order valence-corrected chi connectivity index (χ1v) is 8.66. The van der Waals surface area contributed by atoms with Gasteiger partial charge in [-0.1, -0.05) is 13.3 Å². The van der Waals surface area contributed by atoms with E-state index in [1.165, 1.54) is 25.7 Å². The SMILES string of the molecule is CCC1(C(=O)NC(C)C2CC3CCC2C3)CCNCC1. The third-order valence-electron chi connectivity index (χ3n) is 6.51. The molecule has 2 bridgehead atoms. The highest BCUT2D eigenvalue weighted by Gasteiger charge is 2.44. The summed E-state index contributed by atoms with van der Waals surface area (Å²) in [6.07, 6.45) is 8.59. The predicted molar refractivity (Wildman–Crippen MR) is 81.4 cm³/mol. The Hall–Kier alpha value is -0.570.